The predicted octanol–water partition coefficient (Wildman–Crippen LogP) is 1.58. The monoisotopic (exact) mass is 207 g/mol. The van der Waals surface area contributed by atoms with Gasteiger partial charge in [0, 0.05) is 18.9 Å². The van der Waals surface area contributed by atoms with Crippen molar-refractivity contribution in [1.82, 2.24) is 4.90 Å². The zero-order valence-corrected chi connectivity index (χ0v) is 8.17. The molecule has 3 nitrogen and oxygen atoms in total. The predicted molar refractivity (Wildman–Crippen MR) is 47.5 cm³/mol. The molecule has 14 heavy (non-hydrogen) atoms. The minimum Gasteiger partial charge on any atom is -0.481 e. The van der Waals surface area contributed by atoms with E-state index in [0.717, 1.165) is 0 Å². The van der Waals surface area contributed by atoms with Crippen LogP contribution in [0.5, 0.6) is 0 Å². The second-order valence-corrected chi connectivity index (χ2v) is 3.90. The molecule has 1 unspecified atom stereocenters. The van der Waals surface area contributed by atoms with E-state index in [1.165, 1.54) is 0 Å². The molecule has 0 aromatic heterocycles. The van der Waals surface area contributed by atoms with E-state index in [1.807, 2.05) is 0 Å². The number of likely N-dealkylation sites (tertiary alicyclic amines) is 1. The maximum atomic E-state index is 12.9. The molecular formula is C9H15F2NO2. The maximum absolute atomic E-state index is 12.9. The summed E-state index contributed by atoms with van der Waals surface area (Å²) in [6.45, 7) is -0.253. The molecule has 1 saturated heterocycles. The van der Waals surface area contributed by atoms with Crippen LogP contribution in [0.4, 0.5) is 8.78 Å². The van der Waals surface area contributed by atoms with Gasteiger partial charge in [-0.3, -0.25) is 9.69 Å². The van der Waals surface area contributed by atoms with E-state index in [1.54, 1.807) is 11.9 Å². The van der Waals surface area contributed by atoms with E-state index < -0.39 is 11.9 Å². The number of alkyl halides is 2. The van der Waals surface area contributed by atoms with Crippen molar-refractivity contribution in [3.63, 3.8) is 0 Å². The highest BCUT2D eigenvalue weighted by molar-refractivity contribution is 5.66. The van der Waals surface area contributed by atoms with E-state index >= 15 is 0 Å². The highest BCUT2D eigenvalue weighted by atomic mass is 19.3. The molecular weight excluding hydrogens is 192 g/mol. The highest BCUT2D eigenvalue weighted by Crippen LogP contribution is 2.30. The van der Waals surface area contributed by atoms with Crippen LogP contribution in [-0.4, -0.2) is 41.5 Å². The van der Waals surface area contributed by atoms with Crippen LogP contribution in [-0.2, 0) is 4.79 Å². The minimum absolute atomic E-state index is 0.00859. The first-order valence-corrected chi connectivity index (χ1v) is 4.70. The van der Waals surface area contributed by atoms with Gasteiger partial charge in [-0.05, 0) is 19.9 Å². The molecule has 0 saturated carbocycles. The normalized spacial score (nSPS) is 27.5. The van der Waals surface area contributed by atoms with Crippen molar-refractivity contribution in [2.24, 2.45) is 0 Å². The number of aliphatic carboxylic acids is 1. The largest absolute Gasteiger partial charge is 0.481 e. The number of hydrogen-bond acceptors (Lipinski definition) is 2. The van der Waals surface area contributed by atoms with Crippen LogP contribution in [0, 0.1) is 0 Å². The van der Waals surface area contributed by atoms with Crippen LogP contribution in [0.1, 0.15) is 25.7 Å². The quantitative estimate of drug-likeness (QED) is 0.763. The molecule has 1 fully saturated rings. The third-order valence-electron chi connectivity index (χ3n) is 2.64. The number of piperidine rings is 1. The number of halogens is 2. The Morgan fingerprint density at radius 2 is 2.29 bits per heavy atom. The van der Waals surface area contributed by atoms with Gasteiger partial charge in [0.15, 0.2) is 0 Å². The molecule has 0 aromatic rings. The van der Waals surface area contributed by atoms with Crippen LogP contribution in [0.25, 0.3) is 0 Å². The third-order valence-corrected chi connectivity index (χ3v) is 2.64. The van der Waals surface area contributed by atoms with E-state index in [4.69, 9.17) is 5.11 Å². The number of carboxylic acids is 1. The molecule has 82 valence electrons. The van der Waals surface area contributed by atoms with Gasteiger partial charge < -0.3 is 5.11 Å². The topological polar surface area (TPSA) is 40.5 Å². The highest BCUT2D eigenvalue weighted by Gasteiger charge is 2.38. The summed E-state index contributed by atoms with van der Waals surface area (Å²) in [6, 6.07) is -0.00859. The van der Waals surface area contributed by atoms with Crippen LogP contribution in [0.3, 0.4) is 0 Å². The van der Waals surface area contributed by atoms with Gasteiger partial charge in [-0.25, -0.2) is 8.78 Å². The summed E-state index contributed by atoms with van der Waals surface area (Å²) in [4.78, 5) is 11.9. The Balaban J connectivity index is 2.38. The number of carbonyl (C=O) groups is 1. The van der Waals surface area contributed by atoms with Crippen molar-refractivity contribution in [3.05, 3.63) is 0 Å². The van der Waals surface area contributed by atoms with Gasteiger partial charge >= 0.3 is 5.97 Å². The lowest BCUT2D eigenvalue weighted by molar-refractivity contribution is -0.137. The Kier molecular flexibility index (Phi) is 3.42. The molecule has 0 aliphatic carbocycles. The van der Waals surface area contributed by atoms with E-state index in [9.17, 15) is 13.6 Å². The van der Waals surface area contributed by atoms with Gasteiger partial charge in [0.1, 0.15) is 0 Å². The molecule has 0 bridgehead atoms. The van der Waals surface area contributed by atoms with E-state index in [2.05, 4.69) is 0 Å². The van der Waals surface area contributed by atoms with Crippen molar-refractivity contribution >= 4 is 5.97 Å². The van der Waals surface area contributed by atoms with Gasteiger partial charge in [0.05, 0.1) is 6.54 Å². The molecule has 0 spiro atoms. The molecule has 1 aliphatic heterocycles. The first-order chi connectivity index (χ1) is 6.41. The standard InChI is InChI=1S/C9H15F2NO2/c1-12-6-9(10,11)5-4-7(12)2-3-8(13)14/h7H,2-6H2,1H3,(H,13,14). The SMILES string of the molecule is CN1CC(F)(F)CCC1CCC(=O)O. The molecule has 1 aliphatic rings. The molecule has 0 radical (unpaired) electrons. The van der Waals surface area contributed by atoms with Gasteiger partial charge in [-0.15, -0.1) is 0 Å². The van der Waals surface area contributed by atoms with Gasteiger partial charge in [-0.2, -0.15) is 0 Å². The molecule has 1 N–H and O–H groups in total. The summed E-state index contributed by atoms with van der Waals surface area (Å²) in [6.07, 6.45) is 0.779. The number of rotatable bonds is 3. The van der Waals surface area contributed by atoms with Gasteiger partial charge in [0.25, 0.3) is 5.92 Å². The van der Waals surface area contributed by atoms with Crippen LogP contribution in [0.2, 0.25) is 0 Å². The molecule has 1 atom stereocenters. The van der Waals surface area contributed by atoms with E-state index in [0.29, 0.717) is 12.8 Å². The lowest BCUT2D eigenvalue weighted by atomic mass is 9.96. The first kappa shape index (κ1) is 11.4. The zero-order valence-electron chi connectivity index (χ0n) is 8.17. The Morgan fingerprint density at radius 3 is 2.79 bits per heavy atom. The Labute approximate surface area is 81.7 Å². The lowest BCUT2D eigenvalue weighted by Gasteiger charge is -2.36. The summed E-state index contributed by atoms with van der Waals surface area (Å²) in [5.41, 5.74) is 0. The van der Waals surface area contributed by atoms with Crippen LogP contribution in [0.15, 0.2) is 0 Å². The second kappa shape index (κ2) is 4.21. The first-order valence-electron chi connectivity index (χ1n) is 4.70. The van der Waals surface area contributed by atoms with E-state index in [-0.39, 0.29) is 25.4 Å². The summed E-state index contributed by atoms with van der Waals surface area (Å²) < 4.78 is 25.7. The van der Waals surface area contributed by atoms with Crippen molar-refractivity contribution < 1.29 is 18.7 Å². The molecule has 0 amide bonds. The van der Waals surface area contributed by atoms with Gasteiger partial charge in [0.2, 0.25) is 0 Å². The fourth-order valence-electron chi connectivity index (χ4n) is 1.83. The molecule has 1 rings (SSSR count). The fourth-order valence-corrected chi connectivity index (χ4v) is 1.83. The minimum atomic E-state index is -2.60. The van der Waals surface area contributed by atoms with Crippen molar-refractivity contribution in [2.45, 2.75) is 37.6 Å². The summed E-state index contributed by atoms with van der Waals surface area (Å²) in [5.74, 6) is -3.47. The smallest absolute Gasteiger partial charge is 0.303 e. The van der Waals surface area contributed by atoms with Crippen molar-refractivity contribution in [1.29, 1.82) is 0 Å². The summed E-state index contributed by atoms with van der Waals surface area (Å²) >= 11 is 0. The zero-order chi connectivity index (χ0) is 10.8. The molecule has 1 heterocycles. The molecule has 0 aromatic carbocycles. The average Bonchev–Trinajstić information content (AvgIpc) is 2.00. The molecule has 5 heteroatoms. The van der Waals surface area contributed by atoms with Crippen LogP contribution < -0.4 is 0 Å². The average molecular weight is 207 g/mol. The second-order valence-electron chi connectivity index (χ2n) is 3.90. The summed E-state index contributed by atoms with van der Waals surface area (Å²) in [7, 11) is 1.62. The van der Waals surface area contributed by atoms with Crippen molar-refractivity contribution in [2.75, 3.05) is 13.6 Å². The summed E-state index contributed by atoms with van der Waals surface area (Å²) in [5, 5.41) is 8.47. The Bertz CT molecular complexity index is 221. The van der Waals surface area contributed by atoms with Gasteiger partial charge in [-0.1, -0.05) is 0 Å². The maximum Gasteiger partial charge on any atom is 0.303 e. The lowest BCUT2D eigenvalue weighted by Crippen LogP contribution is -2.46. The third kappa shape index (κ3) is 3.21. The number of hydrogen-bond donors (Lipinski definition) is 1. The fraction of sp³-hybridized carbons (Fsp3) is 0.889. The number of carboxylic acid groups (broad SMARTS) is 1. The number of nitrogens with zero attached hydrogens (tertiary/aromatic N) is 1. The van der Waals surface area contributed by atoms with Crippen LogP contribution >= 0.6 is 0 Å². The van der Waals surface area contributed by atoms with Crippen molar-refractivity contribution in [3.8, 4) is 0 Å². The Morgan fingerprint density at radius 1 is 1.64 bits per heavy atom. The Hall–Kier alpha value is -0.710.